The highest BCUT2D eigenvalue weighted by Gasteiger charge is 2.16. The van der Waals surface area contributed by atoms with Crippen molar-refractivity contribution in [1.82, 2.24) is 14.9 Å². The van der Waals surface area contributed by atoms with E-state index >= 15 is 0 Å². The van der Waals surface area contributed by atoms with E-state index in [9.17, 15) is 9.59 Å². The van der Waals surface area contributed by atoms with Crippen molar-refractivity contribution in [3.05, 3.63) is 77.1 Å². The minimum atomic E-state index is -0.330. The molecular weight excluding hydrogens is 482 g/mol. The average molecular weight is 518 g/mol. The van der Waals surface area contributed by atoms with E-state index in [1.54, 1.807) is 12.3 Å². The van der Waals surface area contributed by atoms with Gasteiger partial charge in [-0.05, 0) is 70.4 Å². The first-order valence-electron chi connectivity index (χ1n) is 12.3. The lowest BCUT2D eigenvalue weighted by Gasteiger charge is -2.20. The number of allylic oxidation sites excluding steroid dienone is 4. The number of anilines is 1. The SMILES string of the molecule is CC/C=C(C)/N=C/C=C(\C)c1cccc(-c2csc(NC(=O)CNC(=O)c3ccn(C(C)(C)C)c3)n2)c1. The van der Waals surface area contributed by atoms with E-state index in [0.717, 1.165) is 34.5 Å². The molecule has 37 heavy (non-hydrogen) atoms. The molecule has 7 nitrogen and oxygen atoms in total. The molecule has 2 heterocycles. The van der Waals surface area contributed by atoms with Gasteiger partial charge in [-0.1, -0.05) is 31.2 Å². The third-order valence-electron chi connectivity index (χ3n) is 5.61. The van der Waals surface area contributed by atoms with Gasteiger partial charge in [0.25, 0.3) is 5.91 Å². The molecule has 0 fully saturated rings. The molecule has 0 aliphatic rings. The summed E-state index contributed by atoms with van der Waals surface area (Å²) < 4.78 is 1.96. The third-order valence-corrected chi connectivity index (χ3v) is 6.36. The van der Waals surface area contributed by atoms with Gasteiger partial charge in [0.1, 0.15) is 0 Å². The molecule has 0 spiro atoms. The highest BCUT2D eigenvalue weighted by atomic mass is 32.1. The van der Waals surface area contributed by atoms with Crippen LogP contribution in [0.15, 0.2) is 70.9 Å². The molecule has 0 saturated carbocycles. The molecule has 0 aliphatic heterocycles. The molecule has 0 radical (unpaired) electrons. The number of thiazole rings is 1. The van der Waals surface area contributed by atoms with Crippen LogP contribution in [0, 0.1) is 0 Å². The standard InChI is InChI=1S/C29H35N5O2S/c1-7-9-21(3)30-14-12-20(2)22-10-8-11-23(16-22)25-19-37-28(32-25)33-26(35)17-31-27(36)24-13-15-34(18-24)29(4,5)6/h8-16,18-19H,7,17H2,1-6H3,(H,31,36)(H,32,33,35)/b20-12+,21-9+,30-14+. The number of hydrogen-bond donors (Lipinski definition) is 2. The summed E-state index contributed by atoms with van der Waals surface area (Å²) in [5, 5.41) is 7.82. The van der Waals surface area contributed by atoms with Crippen LogP contribution in [-0.2, 0) is 10.3 Å². The van der Waals surface area contributed by atoms with Gasteiger partial charge in [0.05, 0.1) is 17.8 Å². The minimum absolute atomic E-state index is 0.119. The average Bonchev–Trinajstić information content (AvgIpc) is 3.53. The Morgan fingerprint density at radius 3 is 2.65 bits per heavy atom. The number of aliphatic imine (C=N–C) groups is 1. The van der Waals surface area contributed by atoms with E-state index in [4.69, 9.17) is 0 Å². The van der Waals surface area contributed by atoms with Crippen molar-refractivity contribution in [2.45, 2.75) is 53.5 Å². The van der Waals surface area contributed by atoms with Gasteiger partial charge < -0.3 is 15.2 Å². The number of rotatable bonds is 9. The predicted octanol–water partition coefficient (Wildman–Crippen LogP) is 6.52. The topological polar surface area (TPSA) is 88.4 Å². The number of benzene rings is 1. The zero-order chi connectivity index (χ0) is 27.0. The number of carbonyl (C=O) groups is 2. The van der Waals surface area contributed by atoms with Crippen LogP contribution in [0.25, 0.3) is 16.8 Å². The van der Waals surface area contributed by atoms with Crippen molar-refractivity contribution < 1.29 is 9.59 Å². The third kappa shape index (κ3) is 8.11. The quantitative estimate of drug-likeness (QED) is 0.317. The highest BCUT2D eigenvalue weighted by Crippen LogP contribution is 2.27. The summed E-state index contributed by atoms with van der Waals surface area (Å²) in [6, 6.07) is 9.84. The molecule has 3 rings (SSSR count). The molecule has 2 amide bonds. The second-order valence-electron chi connectivity index (χ2n) is 9.71. The number of hydrogen-bond acceptors (Lipinski definition) is 5. The Balaban J connectivity index is 1.59. The Labute approximate surface area is 223 Å². The van der Waals surface area contributed by atoms with Gasteiger partial charge in [0.15, 0.2) is 5.13 Å². The van der Waals surface area contributed by atoms with Crippen molar-refractivity contribution in [2.24, 2.45) is 4.99 Å². The first-order valence-corrected chi connectivity index (χ1v) is 13.2. The van der Waals surface area contributed by atoms with E-state index in [2.05, 4.69) is 60.4 Å². The second-order valence-corrected chi connectivity index (χ2v) is 10.6. The van der Waals surface area contributed by atoms with E-state index in [1.807, 2.05) is 60.5 Å². The Kier molecular flexibility index (Phi) is 9.36. The van der Waals surface area contributed by atoms with E-state index in [1.165, 1.54) is 11.3 Å². The molecular formula is C29H35N5O2S. The number of aromatic nitrogens is 2. The summed E-state index contributed by atoms with van der Waals surface area (Å²) in [6.07, 6.45) is 10.5. The molecule has 0 unspecified atom stereocenters. The summed E-state index contributed by atoms with van der Waals surface area (Å²) in [7, 11) is 0. The lowest BCUT2D eigenvalue weighted by Crippen LogP contribution is -2.32. The number of nitrogens with one attached hydrogen (secondary N) is 2. The maximum atomic E-state index is 12.4. The van der Waals surface area contributed by atoms with Gasteiger partial charge in [-0.3, -0.25) is 14.6 Å². The van der Waals surface area contributed by atoms with Crippen LogP contribution in [0.3, 0.4) is 0 Å². The molecule has 194 valence electrons. The maximum Gasteiger partial charge on any atom is 0.253 e. The van der Waals surface area contributed by atoms with Crippen LogP contribution >= 0.6 is 11.3 Å². The van der Waals surface area contributed by atoms with Crippen LogP contribution < -0.4 is 10.6 Å². The fourth-order valence-corrected chi connectivity index (χ4v) is 4.21. The highest BCUT2D eigenvalue weighted by molar-refractivity contribution is 7.14. The van der Waals surface area contributed by atoms with E-state index < -0.39 is 0 Å². The Morgan fingerprint density at radius 2 is 1.95 bits per heavy atom. The summed E-state index contributed by atoms with van der Waals surface area (Å²) >= 11 is 1.34. The van der Waals surface area contributed by atoms with Gasteiger partial charge in [-0.25, -0.2) is 4.98 Å². The molecule has 3 aromatic rings. The maximum absolute atomic E-state index is 12.4. The van der Waals surface area contributed by atoms with Crippen molar-refractivity contribution in [3.8, 4) is 11.3 Å². The second kappa shape index (κ2) is 12.5. The molecule has 0 atom stereocenters. The smallest absolute Gasteiger partial charge is 0.253 e. The van der Waals surface area contributed by atoms with Crippen LogP contribution in [-0.4, -0.2) is 34.1 Å². The van der Waals surface area contributed by atoms with Crippen LogP contribution in [0.5, 0.6) is 0 Å². The minimum Gasteiger partial charge on any atom is -0.348 e. The van der Waals surface area contributed by atoms with Crippen LogP contribution in [0.2, 0.25) is 0 Å². The predicted molar refractivity (Wildman–Crippen MR) is 154 cm³/mol. The summed E-state index contributed by atoms with van der Waals surface area (Å²) in [5.74, 6) is -0.622. The Morgan fingerprint density at radius 1 is 1.16 bits per heavy atom. The van der Waals surface area contributed by atoms with Gasteiger partial charge in [-0.2, -0.15) is 0 Å². The Hall–Kier alpha value is -3.78. The molecule has 0 bridgehead atoms. The monoisotopic (exact) mass is 517 g/mol. The molecule has 0 aliphatic carbocycles. The molecule has 0 saturated heterocycles. The van der Waals surface area contributed by atoms with Crippen molar-refractivity contribution in [2.75, 3.05) is 11.9 Å². The Bertz CT molecular complexity index is 1340. The fourth-order valence-electron chi connectivity index (χ4n) is 3.47. The lowest BCUT2D eigenvalue weighted by molar-refractivity contribution is -0.115. The van der Waals surface area contributed by atoms with Gasteiger partial charge in [0, 0.05) is 40.8 Å². The lowest BCUT2D eigenvalue weighted by atomic mass is 10.0. The number of carbonyl (C=O) groups excluding carboxylic acids is 2. The first-order chi connectivity index (χ1) is 17.6. The van der Waals surface area contributed by atoms with Gasteiger partial charge >= 0.3 is 0 Å². The summed E-state index contributed by atoms with van der Waals surface area (Å²) in [6.45, 7) is 12.2. The normalized spacial score (nSPS) is 12.7. The largest absolute Gasteiger partial charge is 0.348 e. The molecule has 1 aromatic carbocycles. The summed E-state index contributed by atoms with van der Waals surface area (Å²) in [5.41, 5.74) is 5.29. The molecule has 2 aromatic heterocycles. The first kappa shape index (κ1) is 27.8. The zero-order valence-electron chi connectivity index (χ0n) is 22.3. The van der Waals surface area contributed by atoms with Crippen LogP contribution in [0.4, 0.5) is 5.13 Å². The molecule has 2 N–H and O–H groups in total. The van der Waals surface area contributed by atoms with Crippen molar-refractivity contribution >= 4 is 40.1 Å². The van der Waals surface area contributed by atoms with Crippen LogP contribution in [0.1, 0.15) is 63.9 Å². The van der Waals surface area contributed by atoms with Gasteiger partial charge in [-0.15, -0.1) is 11.3 Å². The molecule has 8 heteroatoms. The fraction of sp³-hybridized carbons (Fsp3) is 0.310. The van der Waals surface area contributed by atoms with E-state index in [-0.39, 0.29) is 23.9 Å². The number of nitrogens with zero attached hydrogens (tertiary/aromatic N) is 3. The van der Waals surface area contributed by atoms with E-state index in [0.29, 0.717) is 10.7 Å². The van der Waals surface area contributed by atoms with Gasteiger partial charge in [0.2, 0.25) is 5.91 Å². The van der Waals surface area contributed by atoms with Crippen molar-refractivity contribution in [1.29, 1.82) is 0 Å². The number of amides is 2. The van der Waals surface area contributed by atoms with Crippen molar-refractivity contribution in [3.63, 3.8) is 0 Å². The zero-order valence-corrected chi connectivity index (χ0v) is 23.1. The summed E-state index contributed by atoms with van der Waals surface area (Å²) in [4.78, 5) is 33.8.